The van der Waals surface area contributed by atoms with Gasteiger partial charge in [0.1, 0.15) is 0 Å². The number of hydrogen-bond donors (Lipinski definition) is 2. The maximum Gasteiger partial charge on any atom is 0.306 e. The first-order valence-corrected chi connectivity index (χ1v) is 11.4. The summed E-state index contributed by atoms with van der Waals surface area (Å²) >= 11 is 4.17. The van der Waals surface area contributed by atoms with Crippen LogP contribution in [0.25, 0.3) is 0 Å². The van der Waals surface area contributed by atoms with Crippen molar-refractivity contribution in [3.63, 3.8) is 0 Å². The Bertz CT molecular complexity index is 790. The Balaban J connectivity index is 1.74. The van der Waals surface area contributed by atoms with Gasteiger partial charge in [0.05, 0.1) is 6.10 Å². The van der Waals surface area contributed by atoms with Crippen molar-refractivity contribution < 1.29 is 24.2 Å². The number of aliphatic hydroxyl groups is 1. The lowest BCUT2D eigenvalue weighted by Gasteiger charge is -2.60. The van der Waals surface area contributed by atoms with Crippen LogP contribution in [0.2, 0.25) is 0 Å². The third kappa shape index (κ3) is 2.81. The number of carbonyl (C=O) groups is 3. The molecule has 4 rings (SSSR count). The summed E-state index contributed by atoms with van der Waals surface area (Å²) < 4.78 is 5.82. The summed E-state index contributed by atoms with van der Waals surface area (Å²) in [5.74, 6) is 0.304. The van der Waals surface area contributed by atoms with Crippen molar-refractivity contribution in [2.24, 2.45) is 28.6 Å². The Morgan fingerprint density at radius 3 is 2.62 bits per heavy atom. The van der Waals surface area contributed by atoms with Gasteiger partial charge in [-0.25, -0.2) is 0 Å². The molecule has 0 aromatic rings. The maximum absolute atomic E-state index is 12.7. The third-order valence-corrected chi connectivity index (χ3v) is 9.30. The van der Waals surface area contributed by atoms with Gasteiger partial charge in [-0.3, -0.25) is 14.4 Å². The summed E-state index contributed by atoms with van der Waals surface area (Å²) in [6, 6.07) is 0. The van der Waals surface area contributed by atoms with E-state index in [1.165, 1.54) is 5.57 Å². The molecular formula is C23H32O5S. The predicted octanol–water partition coefficient (Wildman–Crippen LogP) is 3.64. The fourth-order valence-corrected chi connectivity index (χ4v) is 7.92. The van der Waals surface area contributed by atoms with Crippen LogP contribution in [0.3, 0.4) is 0 Å². The minimum atomic E-state index is -1.26. The molecule has 0 aromatic carbocycles. The third-order valence-electron chi connectivity index (χ3n) is 8.94. The van der Waals surface area contributed by atoms with E-state index in [1.54, 1.807) is 6.92 Å². The number of rotatable bonds is 3. The fraction of sp³-hybridized carbons (Fsp3) is 0.783. The number of esters is 1. The van der Waals surface area contributed by atoms with Gasteiger partial charge in [-0.05, 0) is 67.8 Å². The summed E-state index contributed by atoms with van der Waals surface area (Å²) in [7, 11) is 0. The molecule has 0 unspecified atom stereocenters. The molecule has 4 aliphatic carbocycles. The second kappa shape index (κ2) is 6.94. The van der Waals surface area contributed by atoms with E-state index in [4.69, 9.17) is 4.74 Å². The number of ether oxygens (including phenoxy) is 1. The molecule has 1 N–H and O–H groups in total. The number of hydrogen-bond acceptors (Lipinski definition) is 5. The van der Waals surface area contributed by atoms with Crippen molar-refractivity contribution in [2.75, 3.05) is 0 Å². The van der Waals surface area contributed by atoms with Crippen LogP contribution >= 0.6 is 12.6 Å². The summed E-state index contributed by atoms with van der Waals surface area (Å²) in [6.45, 7) is 5.94. The number of allylic oxidation sites excluding steroid dienone is 1. The SMILES string of the molecule is CCC(=O)O[C@]1(C(=O)S)CC[C@H]2[C@@H]3CCC4=CC(=O)CC[C@]4(C)[C@H]3[C@@H](O)C[C@@]21C. The number of aliphatic hydroxyl groups excluding tert-OH is 1. The highest BCUT2D eigenvalue weighted by Gasteiger charge is 2.70. The molecule has 3 saturated carbocycles. The van der Waals surface area contributed by atoms with Gasteiger partial charge in [-0.15, -0.1) is 12.6 Å². The van der Waals surface area contributed by atoms with Crippen LogP contribution in [-0.2, 0) is 19.1 Å². The van der Waals surface area contributed by atoms with Crippen LogP contribution in [0.5, 0.6) is 0 Å². The Morgan fingerprint density at radius 1 is 1.24 bits per heavy atom. The molecule has 0 radical (unpaired) electrons. The van der Waals surface area contributed by atoms with E-state index in [0.717, 1.165) is 25.7 Å². The van der Waals surface area contributed by atoms with Crippen molar-refractivity contribution in [1.29, 1.82) is 0 Å². The fourth-order valence-electron chi connectivity index (χ4n) is 7.50. The first-order chi connectivity index (χ1) is 13.6. The van der Waals surface area contributed by atoms with Gasteiger partial charge in [0, 0.05) is 18.3 Å². The molecule has 3 fully saturated rings. The molecule has 0 heterocycles. The van der Waals surface area contributed by atoms with Gasteiger partial charge in [-0.2, -0.15) is 0 Å². The van der Waals surface area contributed by atoms with E-state index in [0.29, 0.717) is 19.3 Å². The lowest BCUT2D eigenvalue weighted by atomic mass is 9.45. The molecule has 5 nitrogen and oxygen atoms in total. The van der Waals surface area contributed by atoms with Gasteiger partial charge >= 0.3 is 5.97 Å². The molecule has 0 bridgehead atoms. The van der Waals surface area contributed by atoms with Crippen molar-refractivity contribution in [2.45, 2.75) is 83.8 Å². The Labute approximate surface area is 178 Å². The number of thiol groups is 1. The average molecular weight is 421 g/mol. The zero-order chi connectivity index (χ0) is 21.2. The summed E-state index contributed by atoms with van der Waals surface area (Å²) in [4.78, 5) is 36.9. The summed E-state index contributed by atoms with van der Waals surface area (Å²) in [5.41, 5.74) is -0.878. The van der Waals surface area contributed by atoms with E-state index in [2.05, 4.69) is 19.6 Å². The summed E-state index contributed by atoms with van der Waals surface area (Å²) in [5, 5.41) is 11.0. The zero-order valence-corrected chi connectivity index (χ0v) is 18.5. The molecular weight excluding hydrogens is 388 g/mol. The minimum Gasteiger partial charge on any atom is -0.449 e. The van der Waals surface area contributed by atoms with Crippen molar-refractivity contribution in [3.8, 4) is 0 Å². The van der Waals surface area contributed by atoms with Crippen LogP contribution < -0.4 is 0 Å². The van der Waals surface area contributed by atoms with E-state index < -0.39 is 28.2 Å². The number of fused-ring (bicyclic) bond motifs is 5. The minimum absolute atomic E-state index is 0.0707. The monoisotopic (exact) mass is 420 g/mol. The molecule has 0 amide bonds. The molecule has 0 spiro atoms. The largest absolute Gasteiger partial charge is 0.449 e. The van der Waals surface area contributed by atoms with E-state index in [9.17, 15) is 19.5 Å². The lowest BCUT2D eigenvalue weighted by molar-refractivity contribution is -0.196. The molecule has 0 aliphatic heterocycles. The normalized spacial score (nSPS) is 46.2. The highest BCUT2D eigenvalue weighted by molar-refractivity contribution is 7.96. The zero-order valence-electron chi connectivity index (χ0n) is 17.6. The smallest absolute Gasteiger partial charge is 0.306 e. The van der Waals surface area contributed by atoms with Gasteiger partial charge in [0.2, 0.25) is 5.12 Å². The topological polar surface area (TPSA) is 80.7 Å². The van der Waals surface area contributed by atoms with Crippen molar-refractivity contribution in [1.82, 2.24) is 0 Å². The average Bonchev–Trinajstić information content (AvgIpc) is 2.94. The van der Waals surface area contributed by atoms with Gasteiger partial charge in [0.15, 0.2) is 11.4 Å². The quantitative estimate of drug-likeness (QED) is 0.538. The molecule has 29 heavy (non-hydrogen) atoms. The van der Waals surface area contributed by atoms with Crippen molar-refractivity contribution >= 4 is 29.5 Å². The first kappa shape index (κ1) is 21.1. The van der Waals surface area contributed by atoms with E-state index in [-0.39, 0.29) is 35.4 Å². The van der Waals surface area contributed by atoms with Crippen LogP contribution in [0, 0.1) is 28.6 Å². The van der Waals surface area contributed by atoms with Crippen molar-refractivity contribution in [3.05, 3.63) is 11.6 Å². The highest BCUT2D eigenvalue weighted by Crippen LogP contribution is 2.68. The Morgan fingerprint density at radius 2 is 1.97 bits per heavy atom. The van der Waals surface area contributed by atoms with Gasteiger partial charge in [0.25, 0.3) is 0 Å². The second-order valence-electron chi connectivity index (χ2n) is 10.1. The van der Waals surface area contributed by atoms with Crippen LogP contribution in [-0.4, -0.2) is 33.7 Å². The van der Waals surface area contributed by atoms with E-state index in [1.807, 2.05) is 13.0 Å². The molecule has 160 valence electrons. The van der Waals surface area contributed by atoms with Crippen LogP contribution in [0.1, 0.15) is 72.1 Å². The highest BCUT2D eigenvalue weighted by atomic mass is 32.1. The Kier molecular flexibility index (Phi) is 5.05. The van der Waals surface area contributed by atoms with E-state index >= 15 is 0 Å². The maximum atomic E-state index is 12.7. The molecule has 7 atom stereocenters. The van der Waals surface area contributed by atoms with Gasteiger partial charge < -0.3 is 9.84 Å². The van der Waals surface area contributed by atoms with Crippen LogP contribution in [0.15, 0.2) is 11.6 Å². The summed E-state index contributed by atoms with van der Waals surface area (Å²) in [6.07, 6.45) is 6.17. The Hall–Kier alpha value is -1.14. The molecule has 0 aromatic heterocycles. The molecule has 0 saturated heterocycles. The van der Waals surface area contributed by atoms with Gasteiger partial charge in [-0.1, -0.05) is 26.3 Å². The standard InChI is InChI=1S/C23H32O5S/c1-4-18(26)28-23(20(27)29)10-8-16-15-6-5-13-11-14(24)7-9-21(13,2)19(15)17(25)12-22(16,23)3/h11,15-17,19,25H,4-10,12H2,1-3H3,(H,27,29)/t15-,16-,17-,19+,21-,22-,23-/m0/s1. The second-order valence-corrected chi connectivity index (χ2v) is 10.5. The number of ketones is 1. The molecule has 6 heteroatoms. The first-order valence-electron chi connectivity index (χ1n) is 11.0. The lowest BCUT2D eigenvalue weighted by Crippen LogP contribution is -2.62. The number of carbonyl (C=O) groups excluding carboxylic acids is 3. The van der Waals surface area contributed by atoms with Crippen LogP contribution in [0.4, 0.5) is 0 Å². The molecule has 4 aliphatic rings. The predicted molar refractivity (Wildman–Crippen MR) is 111 cm³/mol.